The molecule has 0 fully saturated rings. The highest BCUT2D eigenvalue weighted by Gasteiger charge is 2.24. The molecule has 2 heterocycles. The van der Waals surface area contributed by atoms with Gasteiger partial charge in [0, 0.05) is 12.6 Å². The van der Waals surface area contributed by atoms with E-state index in [-0.39, 0.29) is 0 Å². The van der Waals surface area contributed by atoms with Crippen molar-refractivity contribution in [2.24, 2.45) is 7.05 Å². The maximum Gasteiger partial charge on any atom is 0.351 e. The van der Waals surface area contributed by atoms with Gasteiger partial charge >= 0.3 is 5.97 Å². The van der Waals surface area contributed by atoms with Crippen LogP contribution in [0.5, 0.6) is 0 Å². The van der Waals surface area contributed by atoms with Gasteiger partial charge in [0.1, 0.15) is 9.88 Å². The molecule has 1 N–H and O–H groups in total. The number of hydrogen-bond donors (Lipinski definition) is 1. The molecule has 0 saturated heterocycles. The van der Waals surface area contributed by atoms with Gasteiger partial charge in [0.2, 0.25) is 0 Å². The maximum atomic E-state index is 12.6. The first kappa shape index (κ1) is 19.8. The van der Waals surface area contributed by atoms with Crippen LogP contribution in [0, 0.1) is 20.8 Å². The predicted octanol–water partition coefficient (Wildman–Crippen LogP) is 3.65. The molecular weight excluding hydrogens is 376 g/mol. The molecule has 0 bridgehead atoms. The van der Waals surface area contributed by atoms with Crippen LogP contribution in [0.1, 0.15) is 33.7 Å². The number of aryl methyl sites for hydroxylation is 3. The van der Waals surface area contributed by atoms with Gasteiger partial charge in [0.05, 0.1) is 22.8 Å². The van der Waals surface area contributed by atoms with E-state index in [0.717, 1.165) is 16.3 Å². The first-order valence-corrected chi connectivity index (χ1v) is 9.64. The largest absolute Gasteiger partial charge is 0.448 e. The quantitative estimate of drug-likeness (QED) is 0.663. The average molecular weight is 398 g/mol. The Morgan fingerprint density at radius 2 is 1.82 bits per heavy atom. The third kappa shape index (κ3) is 3.96. The van der Waals surface area contributed by atoms with Gasteiger partial charge in [0.25, 0.3) is 5.91 Å². The zero-order chi connectivity index (χ0) is 20.4. The molecule has 146 valence electrons. The molecule has 1 atom stereocenters. The molecule has 0 unspecified atom stereocenters. The van der Waals surface area contributed by atoms with E-state index < -0.39 is 18.0 Å². The number of anilines is 1. The fourth-order valence-electron chi connectivity index (χ4n) is 2.74. The maximum absolute atomic E-state index is 12.6. The van der Waals surface area contributed by atoms with Crippen LogP contribution in [0.3, 0.4) is 0 Å². The van der Waals surface area contributed by atoms with Crippen LogP contribution in [-0.4, -0.2) is 32.7 Å². The molecule has 0 aliphatic heterocycles. The highest BCUT2D eigenvalue weighted by Crippen LogP contribution is 2.28. The number of aromatic nitrogens is 3. The molecule has 3 aromatic rings. The third-order valence-electron chi connectivity index (χ3n) is 4.41. The van der Waals surface area contributed by atoms with Gasteiger partial charge in [-0.1, -0.05) is 30.3 Å². The minimum atomic E-state index is -0.951. The zero-order valence-corrected chi connectivity index (χ0v) is 17.3. The Balaban J connectivity index is 1.70. The van der Waals surface area contributed by atoms with Crippen molar-refractivity contribution in [2.75, 3.05) is 5.32 Å². The molecule has 3 rings (SSSR count). The molecule has 8 heteroatoms. The van der Waals surface area contributed by atoms with Gasteiger partial charge in [-0.05, 0) is 27.7 Å². The van der Waals surface area contributed by atoms with Gasteiger partial charge in [-0.25, -0.2) is 9.78 Å². The summed E-state index contributed by atoms with van der Waals surface area (Å²) in [7, 11) is 1.80. The number of amides is 1. The molecule has 0 aliphatic rings. The van der Waals surface area contributed by atoms with Gasteiger partial charge in [0.15, 0.2) is 6.10 Å². The lowest BCUT2D eigenvalue weighted by molar-refractivity contribution is -0.123. The first-order valence-electron chi connectivity index (χ1n) is 8.82. The second-order valence-electron chi connectivity index (χ2n) is 6.51. The lowest BCUT2D eigenvalue weighted by atomic mass is 10.2. The molecular formula is C20H22N4O3S. The minimum absolute atomic E-state index is 0.396. The number of carbonyl (C=O) groups excluding carboxylic acids is 2. The third-order valence-corrected chi connectivity index (χ3v) is 5.60. The lowest BCUT2D eigenvalue weighted by Gasteiger charge is -2.13. The van der Waals surface area contributed by atoms with E-state index in [1.807, 2.05) is 44.2 Å². The van der Waals surface area contributed by atoms with E-state index in [4.69, 9.17) is 4.74 Å². The van der Waals surface area contributed by atoms with Crippen LogP contribution in [0.4, 0.5) is 5.69 Å². The van der Waals surface area contributed by atoms with E-state index in [1.54, 1.807) is 25.6 Å². The Bertz CT molecular complexity index is 1020. The number of thiazole rings is 1. The van der Waals surface area contributed by atoms with Crippen molar-refractivity contribution in [2.45, 2.75) is 33.8 Å². The van der Waals surface area contributed by atoms with Gasteiger partial charge in [-0.15, -0.1) is 11.3 Å². The molecule has 0 saturated carbocycles. The van der Waals surface area contributed by atoms with E-state index >= 15 is 0 Å². The number of nitrogens with zero attached hydrogens (tertiary/aromatic N) is 3. The van der Waals surface area contributed by atoms with Crippen molar-refractivity contribution in [3.63, 3.8) is 0 Å². The monoisotopic (exact) mass is 398 g/mol. The number of benzene rings is 1. The highest BCUT2D eigenvalue weighted by atomic mass is 32.1. The Kier molecular flexibility index (Phi) is 5.60. The molecule has 0 spiro atoms. The number of ether oxygens (including phenoxy) is 1. The Morgan fingerprint density at radius 1 is 1.14 bits per heavy atom. The zero-order valence-electron chi connectivity index (χ0n) is 16.4. The summed E-state index contributed by atoms with van der Waals surface area (Å²) < 4.78 is 7.07. The standard InChI is InChI=1S/C20H22N4O3S/c1-11-16(13(3)24(5)23-11)22-18(25)14(4)27-20(26)17-12(2)21-19(28-17)15-9-7-6-8-10-15/h6-10,14H,1-5H3,(H,22,25)/t14-/m0/s1. The summed E-state index contributed by atoms with van der Waals surface area (Å²) in [5.74, 6) is -0.961. The Hall–Kier alpha value is -3.00. The molecule has 7 nitrogen and oxygen atoms in total. The van der Waals surface area contributed by atoms with Crippen molar-refractivity contribution in [3.05, 3.63) is 52.3 Å². The summed E-state index contributed by atoms with van der Waals surface area (Å²) in [5, 5.41) is 7.79. The van der Waals surface area contributed by atoms with Crippen LogP contribution in [0.2, 0.25) is 0 Å². The van der Waals surface area contributed by atoms with Crippen molar-refractivity contribution >= 4 is 28.9 Å². The fraction of sp³-hybridized carbons (Fsp3) is 0.300. The normalized spacial score (nSPS) is 11.9. The van der Waals surface area contributed by atoms with Crippen LogP contribution in [0.15, 0.2) is 30.3 Å². The molecule has 1 amide bonds. The number of rotatable bonds is 5. The summed E-state index contributed by atoms with van der Waals surface area (Å²) in [4.78, 5) is 29.9. The second-order valence-corrected chi connectivity index (χ2v) is 7.50. The summed E-state index contributed by atoms with van der Waals surface area (Å²) in [6, 6.07) is 9.62. The number of carbonyl (C=O) groups is 2. The summed E-state index contributed by atoms with van der Waals surface area (Å²) >= 11 is 1.26. The topological polar surface area (TPSA) is 86.1 Å². The molecule has 0 radical (unpaired) electrons. The summed E-state index contributed by atoms with van der Waals surface area (Å²) in [6.07, 6.45) is -0.951. The molecule has 1 aromatic carbocycles. The van der Waals surface area contributed by atoms with Crippen molar-refractivity contribution in [1.29, 1.82) is 0 Å². The SMILES string of the molecule is Cc1nc(-c2ccccc2)sc1C(=O)O[C@@H](C)C(=O)Nc1c(C)nn(C)c1C. The average Bonchev–Trinajstić information content (AvgIpc) is 3.17. The lowest BCUT2D eigenvalue weighted by Crippen LogP contribution is -2.30. The first-order chi connectivity index (χ1) is 13.3. The summed E-state index contributed by atoms with van der Waals surface area (Å²) in [5.41, 5.74) is 3.69. The second kappa shape index (κ2) is 7.93. The van der Waals surface area contributed by atoms with Crippen molar-refractivity contribution in [3.8, 4) is 10.6 Å². The van der Waals surface area contributed by atoms with Crippen LogP contribution < -0.4 is 5.32 Å². The van der Waals surface area contributed by atoms with E-state index in [2.05, 4.69) is 15.4 Å². The van der Waals surface area contributed by atoms with Crippen molar-refractivity contribution < 1.29 is 14.3 Å². The number of hydrogen-bond acceptors (Lipinski definition) is 6. The van der Waals surface area contributed by atoms with Crippen LogP contribution in [0.25, 0.3) is 10.6 Å². The molecule has 0 aliphatic carbocycles. The van der Waals surface area contributed by atoms with E-state index in [9.17, 15) is 9.59 Å². The van der Waals surface area contributed by atoms with E-state index in [1.165, 1.54) is 11.3 Å². The van der Waals surface area contributed by atoms with Gasteiger partial charge in [-0.2, -0.15) is 5.10 Å². The predicted molar refractivity (Wildman–Crippen MR) is 108 cm³/mol. The molecule has 28 heavy (non-hydrogen) atoms. The summed E-state index contributed by atoms with van der Waals surface area (Å²) in [6.45, 7) is 6.97. The molecule has 2 aromatic heterocycles. The van der Waals surface area contributed by atoms with Crippen LogP contribution >= 0.6 is 11.3 Å². The van der Waals surface area contributed by atoms with E-state index in [0.29, 0.717) is 22.0 Å². The fourth-order valence-corrected chi connectivity index (χ4v) is 3.69. The van der Waals surface area contributed by atoms with Gasteiger partial charge in [-0.3, -0.25) is 9.48 Å². The minimum Gasteiger partial charge on any atom is -0.448 e. The number of nitrogens with one attached hydrogen (secondary N) is 1. The Morgan fingerprint density at radius 3 is 2.43 bits per heavy atom. The highest BCUT2D eigenvalue weighted by molar-refractivity contribution is 7.17. The Labute approximate surface area is 167 Å². The number of esters is 1. The van der Waals surface area contributed by atoms with Gasteiger partial charge < -0.3 is 10.1 Å². The van der Waals surface area contributed by atoms with Crippen LogP contribution in [-0.2, 0) is 16.6 Å². The smallest absolute Gasteiger partial charge is 0.351 e. The van der Waals surface area contributed by atoms with Crippen molar-refractivity contribution in [1.82, 2.24) is 14.8 Å².